The van der Waals surface area contributed by atoms with Gasteiger partial charge in [-0.3, -0.25) is 0 Å². The summed E-state index contributed by atoms with van der Waals surface area (Å²) in [7, 11) is 0. The molecule has 0 saturated heterocycles. The van der Waals surface area contributed by atoms with Gasteiger partial charge in [-0.1, -0.05) is 20.3 Å². The van der Waals surface area contributed by atoms with Gasteiger partial charge in [-0.25, -0.2) is 9.59 Å². The molecule has 0 fully saturated rings. The van der Waals surface area contributed by atoms with Gasteiger partial charge in [0.05, 0.1) is 0 Å². The van der Waals surface area contributed by atoms with Crippen LogP contribution in [0.1, 0.15) is 33.1 Å². The van der Waals surface area contributed by atoms with Gasteiger partial charge in [0.25, 0.3) is 0 Å². The van der Waals surface area contributed by atoms with Crippen molar-refractivity contribution in [3.8, 4) is 0 Å². The fourth-order valence-electron chi connectivity index (χ4n) is 0.996. The zero-order valence-electron chi connectivity index (χ0n) is 8.49. The molecule has 4 heteroatoms. The summed E-state index contributed by atoms with van der Waals surface area (Å²) in [5.41, 5.74) is -0.0298. The molecule has 0 rings (SSSR count). The molecular formula is C10H16O4. The predicted molar refractivity (Wildman–Crippen MR) is 52.0 cm³/mol. The van der Waals surface area contributed by atoms with Crippen LogP contribution < -0.4 is 0 Å². The molecule has 0 aromatic carbocycles. The number of carboxylic acid groups (broad SMARTS) is 2. The van der Waals surface area contributed by atoms with Crippen molar-refractivity contribution in [2.45, 2.75) is 33.1 Å². The van der Waals surface area contributed by atoms with E-state index in [1.54, 1.807) is 0 Å². The molecule has 0 amide bonds. The third kappa shape index (κ3) is 5.35. The summed E-state index contributed by atoms with van der Waals surface area (Å²) in [6, 6.07) is 0. The highest BCUT2D eigenvalue weighted by atomic mass is 16.4. The Labute approximate surface area is 83.2 Å². The summed E-state index contributed by atoms with van der Waals surface area (Å²) in [5, 5.41) is 17.1. The minimum atomic E-state index is -1.20. The van der Waals surface area contributed by atoms with E-state index < -0.39 is 11.9 Å². The lowest BCUT2D eigenvalue weighted by Crippen LogP contribution is -2.05. The Morgan fingerprint density at radius 1 is 1.36 bits per heavy atom. The highest BCUT2D eigenvalue weighted by Crippen LogP contribution is 2.14. The Morgan fingerprint density at radius 2 is 1.93 bits per heavy atom. The van der Waals surface area contributed by atoms with Gasteiger partial charge in [0.1, 0.15) is 0 Å². The van der Waals surface area contributed by atoms with Crippen LogP contribution in [0.4, 0.5) is 0 Å². The molecule has 1 unspecified atom stereocenters. The maximum Gasteiger partial charge on any atom is 0.331 e. The van der Waals surface area contributed by atoms with E-state index in [1.165, 1.54) is 0 Å². The van der Waals surface area contributed by atoms with Crippen LogP contribution in [-0.2, 0) is 9.59 Å². The van der Waals surface area contributed by atoms with Gasteiger partial charge in [0, 0.05) is 11.6 Å². The maximum absolute atomic E-state index is 10.6. The lowest BCUT2D eigenvalue weighted by atomic mass is 9.99. The van der Waals surface area contributed by atoms with Gasteiger partial charge in [0.2, 0.25) is 0 Å². The second-order valence-electron chi connectivity index (χ2n) is 3.37. The minimum Gasteiger partial charge on any atom is -0.478 e. The van der Waals surface area contributed by atoms with Gasteiger partial charge in [-0.05, 0) is 18.8 Å². The van der Waals surface area contributed by atoms with E-state index in [0.717, 1.165) is 12.5 Å². The van der Waals surface area contributed by atoms with Crippen molar-refractivity contribution in [1.82, 2.24) is 0 Å². The second kappa shape index (κ2) is 6.18. The molecule has 0 aliphatic carbocycles. The first-order chi connectivity index (χ1) is 6.47. The SMILES string of the molecule is CCC(C)CCC(=CC(=O)O)C(=O)O. The van der Waals surface area contributed by atoms with E-state index in [0.29, 0.717) is 18.8 Å². The summed E-state index contributed by atoms with van der Waals surface area (Å²) in [6.45, 7) is 4.03. The molecule has 0 heterocycles. The topological polar surface area (TPSA) is 74.6 Å². The summed E-state index contributed by atoms with van der Waals surface area (Å²) in [4.78, 5) is 20.9. The van der Waals surface area contributed by atoms with Gasteiger partial charge >= 0.3 is 11.9 Å². The van der Waals surface area contributed by atoms with E-state index in [2.05, 4.69) is 0 Å². The Balaban J connectivity index is 4.26. The van der Waals surface area contributed by atoms with Crippen LogP contribution in [0, 0.1) is 5.92 Å². The Morgan fingerprint density at radius 3 is 2.29 bits per heavy atom. The number of carbonyl (C=O) groups is 2. The minimum absolute atomic E-state index is 0.0298. The molecular weight excluding hydrogens is 184 g/mol. The smallest absolute Gasteiger partial charge is 0.331 e. The van der Waals surface area contributed by atoms with Crippen molar-refractivity contribution in [2.75, 3.05) is 0 Å². The second-order valence-corrected chi connectivity index (χ2v) is 3.37. The van der Waals surface area contributed by atoms with Crippen LogP contribution in [0.25, 0.3) is 0 Å². The van der Waals surface area contributed by atoms with Gasteiger partial charge in [-0.2, -0.15) is 0 Å². The number of hydrogen-bond donors (Lipinski definition) is 2. The Bertz CT molecular complexity index is 243. The number of aliphatic carboxylic acids is 2. The summed E-state index contributed by atoms with van der Waals surface area (Å²) >= 11 is 0. The third-order valence-corrected chi connectivity index (χ3v) is 2.18. The zero-order valence-corrected chi connectivity index (χ0v) is 8.49. The van der Waals surface area contributed by atoms with Crippen LogP contribution in [0.2, 0.25) is 0 Å². The van der Waals surface area contributed by atoms with E-state index in [1.807, 2.05) is 13.8 Å². The fourth-order valence-corrected chi connectivity index (χ4v) is 0.996. The predicted octanol–water partition coefficient (Wildman–Crippen LogP) is 1.91. The standard InChI is InChI=1S/C10H16O4/c1-3-7(2)4-5-8(10(13)14)6-9(11)12/h6-7H,3-5H2,1-2H3,(H,11,12)(H,13,14). The van der Waals surface area contributed by atoms with Crippen molar-refractivity contribution in [2.24, 2.45) is 5.92 Å². The molecule has 0 aliphatic heterocycles. The largest absolute Gasteiger partial charge is 0.478 e. The third-order valence-electron chi connectivity index (χ3n) is 2.18. The first kappa shape index (κ1) is 12.7. The molecule has 0 saturated carbocycles. The quantitative estimate of drug-likeness (QED) is 0.642. The molecule has 1 atom stereocenters. The van der Waals surface area contributed by atoms with Crippen LogP contribution in [-0.4, -0.2) is 22.2 Å². The Hall–Kier alpha value is -1.32. The molecule has 0 spiro atoms. The van der Waals surface area contributed by atoms with E-state index in [4.69, 9.17) is 10.2 Å². The summed E-state index contributed by atoms with van der Waals surface area (Å²) < 4.78 is 0. The average Bonchev–Trinajstić information content (AvgIpc) is 2.10. The van der Waals surface area contributed by atoms with Crippen molar-refractivity contribution < 1.29 is 19.8 Å². The molecule has 14 heavy (non-hydrogen) atoms. The molecule has 0 radical (unpaired) electrons. The zero-order chi connectivity index (χ0) is 11.1. The number of rotatable bonds is 6. The lowest BCUT2D eigenvalue weighted by Gasteiger charge is -2.07. The molecule has 0 aliphatic rings. The Kier molecular flexibility index (Phi) is 5.60. The van der Waals surface area contributed by atoms with E-state index >= 15 is 0 Å². The van der Waals surface area contributed by atoms with Crippen LogP contribution in [0.15, 0.2) is 11.6 Å². The molecule has 4 nitrogen and oxygen atoms in total. The molecule has 0 aromatic heterocycles. The summed E-state index contributed by atoms with van der Waals surface area (Å²) in [5.74, 6) is -1.92. The van der Waals surface area contributed by atoms with Crippen molar-refractivity contribution >= 4 is 11.9 Å². The molecule has 0 bridgehead atoms. The number of carboxylic acids is 2. The highest BCUT2D eigenvalue weighted by molar-refractivity contribution is 5.94. The molecule has 2 N–H and O–H groups in total. The fraction of sp³-hybridized carbons (Fsp3) is 0.600. The first-order valence-corrected chi connectivity index (χ1v) is 4.64. The molecule has 80 valence electrons. The van der Waals surface area contributed by atoms with Crippen molar-refractivity contribution in [3.63, 3.8) is 0 Å². The van der Waals surface area contributed by atoms with Crippen LogP contribution >= 0.6 is 0 Å². The van der Waals surface area contributed by atoms with Gasteiger partial charge in [0.15, 0.2) is 0 Å². The maximum atomic E-state index is 10.6. The monoisotopic (exact) mass is 200 g/mol. The van der Waals surface area contributed by atoms with Crippen LogP contribution in [0.5, 0.6) is 0 Å². The van der Waals surface area contributed by atoms with Crippen LogP contribution in [0.3, 0.4) is 0 Å². The normalized spacial score (nSPS) is 13.7. The van der Waals surface area contributed by atoms with Crippen molar-refractivity contribution in [3.05, 3.63) is 11.6 Å². The van der Waals surface area contributed by atoms with Crippen molar-refractivity contribution in [1.29, 1.82) is 0 Å². The lowest BCUT2D eigenvalue weighted by molar-refractivity contribution is -0.135. The van der Waals surface area contributed by atoms with Gasteiger partial charge < -0.3 is 10.2 Å². The average molecular weight is 200 g/mol. The number of hydrogen-bond acceptors (Lipinski definition) is 2. The van der Waals surface area contributed by atoms with Gasteiger partial charge in [-0.15, -0.1) is 0 Å². The molecule has 0 aromatic rings. The first-order valence-electron chi connectivity index (χ1n) is 4.64. The summed E-state index contributed by atoms with van der Waals surface area (Å²) in [6.07, 6.45) is 2.77. The van der Waals surface area contributed by atoms with E-state index in [9.17, 15) is 9.59 Å². The van der Waals surface area contributed by atoms with E-state index in [-0.39, 0.29) is 5.57 Å². The highest BCUT2D eigenvalue weighted by Gasteiger charge is 2.10.